The Kier molecular flexibility index (Phi) is 8.17. The Hall–Kier alpha value is -2.34. The largest absolute Gasteiger partial charge is 0.290 e. The monoisotopic (exact) mass is 482 g/mol. The van der Waals surface area contributed by atoms with Crippen LogP contribution in [0.4, 0.5) is 0 Å². The summed E-state index contributed by atoms with van der Waals surface area (Å²) in [7, 11) is -0.614. The Morgan fingerprint density at radius 3 is 1.03 bits per heavy atom. The highest BCUT2D eigenvalue weighted by Crippen LogP contribution is 2.46. The van der Waals surface area contributed by atoms with Gasteiger partial charge in [-0.3, -0.25) is 9.80 Å². The van der Waals surface area contributed by atoms with E-state index in [-0.39, 0.29) is 15.8 Å². The lowest BCUT2D eigenvalue weighted by atomic mass is 10.2. The minimum Gasteiger partial charge on any atom is -0.290 e. The van der Waals surface area contributed by atoms with Crippen LogP contribution in [0.15, 0.2) is 121 Å². The van der Waals surface area contributed by atoms with Gasteiger partial charge in [-0.1, -0.05) is 121 Å². The molecule has 0 unspecified atom stereocenters. The Bertz CT molecular complexity index is 1020. The molecule has 34 heavy (non-hydrogen) atoms. The van der Waals surface area contributed by atoms with E-state index in [9.17, 15) is 0 Å². The molecule has 4 aromatic carbocycles. The Balaban J connectivity index is 1.46. The highest BCUT2D eigenvalue weighted by Gasteiger charge is 2.27. The molecule has 1 fully saturated rings. The van der Waals surface area contributed by atoms with Crippen LogP contribution in [0, 0.1) is 0 Å². The maximum absolute atomic E-state index is 2.74. The average molecular weight is 483 g/mol. The fourth-order valence-corrected chi connectivity index (χ4v) is 9.70. The van der Waals surface area contributed by atoms with E-state index >= 15 is 0 Å². The third-order valence-electron chi connectivity index (χ3n) is 6.22. The second-order valence-electron chi connectivity index (χ2n) is 8.95. The molecule has 0 spiro atoms. The summed E-state index contributed by atoms with van der Waals surface area (Å²) in [6, 6.07) is 44.5. The summed E-state index contributed by atoms with van der Waals surface area (Å²) >= 11 is 0. The van der Waals surface area contributed by atoms with Crippen molar-refractivity contribution in [3.63, 3.8) is 0 Å². The summed E-state index contributed by atoms with van der Waals surface area (Å²) in [5.74, 6) is 0. The Morgan fingerprint density at radius 1 is 0.412 bits per heavy atom. The molecule has 4 heteroatoms. The molecule has 0 aromatic heterocycles. The molecule has 0 aliphatic carbocycles. The van der Waals surface area contributed by atoms with Crippen LogP contribution in [0.3, 0.4) is 0 Å². The van der Waals surface area contributed by atoms with Crippen LogP contribution < -0.4 is 10.6 Å². The summed E-state index contributed by atoms with van der Waals surface area (Å²) in [6.45, 7) is 2.05. The summed E-state index contributed by atoms with van der Waals surface area (Å²) in [4.78, 5) is 5.49. The second kappa shape index (κ2) is 11.9. The molecular formula is C30H32N2P2. The van der Waals surface area contributed by atoms with Crippen LogP contribution in [0.1, 0.15) is 11.1 Å². The molecule has 0 atom stereocenters. The van der Waals surface area contributed by atoms with Crippen molar-refractivity contribution in [1.29, 1.82) is 0 Å². The highest BCUT2D eigenvalue weighted by molar-refractivity contribution is 7.67. The third-order valence-corrected chi connectivity index (χ3v) is 11.2. The number of hydrogen-bond acceptors (Lipinski definition) is 2. The summed E-state index contributed by atoms with van der Waals surface area (Å²) in [6.07, 6.45) is 4.58. The molecule has 0 N–H and O–H groups in total. The van der Waals surface area contributed by atoms with Crippen molar-refractivity contribution in [1.82, 2.24) is 9.80 Å². The van der Waals surface area contributed by atoms with Crippen LogP contribution in [-0.4, -0.2) is 34.9 Å². The van der Waals surface area contributed by atoms with Crippen LogP contribution in [0.25, 0.3) is 0 Å². The van der Waals surface area contributed by atoms with E-state index in [1.807, 2.05) is 0 Å². The fraction of sp³-hybridized carbons (Fsp3) is 0.200. The van der Waals surface area contributed by atoms with Crippen molar-refractivity contribution in [2.45, 2.75) is 13.1 Å². The van der Waals surface area contributed by atoms with Gasteiger partial charge in [-0.2, -0.15) is 0 Å². The number of benzene rings is 4. The maximum Gasteiger partial charge on any atom is 0.0243 e. The second-order valence-corrected chi connectivity index (χ2v) is 13.3. The first kappa shape index (κ1) is 23.4. The third kappa shape index (κ3) is 6.41. The molecule has 0 amide bonds. The van der Waals surface area contributed by atoms with Gasteiger partial charge in [0, 0.05) is 38.2 Å². The van der Waals surface area contributed by atoms with Crippen molar-refractivity contribution >= 4 is 26.5 Å². The minimum absolute atomic E-state index is 0.307. The standard InChI is InChI=1S/C30H32N2P2/c1-5-13-27(14-6-1)21-31-23-33(29-17-9-3-10-18-29)25-32(22-28-15-7-2-8-16-28)26-34(24-31)30-19-11-4-12-20-30/h1-20H,21-26H2. The average Bonchev–Trinajstić information content (AvgIpc) is 2.89. The van der Waals surface area contributed by atoms with Gasteiger partial charge in [-0.05, 0) is 37.6 Å². The number of nitrogens with zero attached hydrogens (tertiary/aromatic N) is 2. The van der Waals surface area contributed by atoms with E-state index in [1.165, 1.54) is 21.7 Å². The minimum atomic E-state index is -0.307. The molecule has 0 radical (unpaired) electrons. The van der Waals surface area contributed by atoms with E-state index in [2.05, 4.69) is 131 Å². The molecule has 1 heterocycles. The zero-order valence-electron chi connectivity index (χ0n) is 19.6. The Morgan fingerprint density at radius 2 is 0.706 bits per heavy atom. The molecule has 4 aromatic rings. The summed E-state index contributed by atoms with van der Waals surface area (Å²) in [5, 5.41) is 3.03. The first-order valence-electron chi connectivity index (χ1n) is 12.0. The lowest BCUT2D eigenvalue weighted by Crippen LogP contribution is -2.37. The van der Waals surface area contributed by atoms with Crippen molar-refractivity contribution in [3.05, 3.63) is 132 Å². The molecular weight excluding hydrogens is 450 g/mol. The Labute approximate surface area is 206 Å². The van der Waals surface area contributed by atoms with Gasteiger partial charge in [0.25, 0.3) is 0 Å². The van der Waals surface area contributed by atoms with E-state index in [4.69, 9.17) is 0 Å². The molecule has 172 valence electrons. The lowest BCUT2D eigenvalue weighted by Gasteiger charge is -2.39. The quantitative estimate of drug-likeness (QED) is 0.292. The predicted molar refractivity (Wildman–Crippen MR) is 149 cm³/mol. The van der Waals surface area contributed by atoms with Gasteiger partial charge >= 0.3 is 0 Å². The normalized spacial score (nSPS) is 19.9. The van der Waals surface area contributed by atoms with Gasteiger partial charge < -0.3 is 0 Å². The van der Waals surface area contributed by atoms with Gasteiger partial charge in [0.2, 0.25) is 0 Å². The van der Waals surface area contributed by atoms with Crippen molar-refractivity contribution in [3.8, 4) is 0 Å². The first-order chi connectivity index (χ1) is 16.8. The lowest BCUT2D eigenvalue weighted by molar-refractivity contribution is 0.331. The summed E-state index contributed by atoms with van der Waals surface area (Å²) in [5.41, 5.74) is 2.82. The van der Waals surface area contributed by atoms with Gasteiger partial charge in [0.1, 0.15) is 0 Å². The molecule has 0 bridgehead atoms. The van der Waals surface area contributed by atoms with Crippen molar-refractivity contribution < 1.29 is 0 Å². The molecule has 0 saturated carbocycles. The van der Waals surface area contributed by atoms with Crippen molar-refractivity contribution in [2.75, 3.05) is 25.1 Å². The first-order valence-corrected chi connectivity index (χ1v) is 15.4. The van der Waals surface area contributed by atoms with Gasteiger partial charge in [0.05, 0.1) is 0 Å². The maximum atomic E-state index is 2.74. The SMILES string of the molecule is c1ccc(CN2CP(c3ccccc3)CN(Cc3ccccc3)CP(c3ccccc3)C2)cc1. The highest BCUT2D eigenvalue weighted by atomic mass is 31.1. The van der Waals surface area contributed by atoms with Crippen LogP contribution in [-0.2, 0) is 13.1 Å². The summed E-state index contributed by atoms with van der Waals surface area (Å²) < 4.78 is 0. The van der Waals surface area contributed by atoms with Gasteiger partial charge in [0.15, 0.2) is 0 Å². The van der Waals surface area contributed by atoms with E-state index < -0.39 is 0 Å². The van der Waals surface area contributed by atoms with Gasteiger partial charge in [-0.25, -0.2) is 0 Å². The molecule has 1 saturated heterocycles. The van der Waals surface area contributed by atoms with E-state index in [1.54, 1.807) is 0 Å². The molecule has 2 nitrogen and oxygen atoms in total. The molecule has 1 aliphatic heterocycles. The molecule has 1 aliphatic rings. The van der Waals surface area contributed by atoms with E-state index in [0.717, 1.165) is 38.2 Å². The van der Waals surface area contributed by atoms with Crippen molar-refractivity contribution in [2.24, 2.45) is 0 Å². The van der Waals surface area contributed by atoms with Gasteiger partial charge in [-0.15, -0.1) is 0 Å². The molecule has 5 rings (SSSR count). The van der Waals surface area contributed by atoms with Crippen LogP contribution in [0.2, 0.25) is 0 Å². The predicted octanol–water partition coefficient (Wildman–Crippen LogP) is 6.45. The smallest absolute Gasteiger partial charge is 0.0243 e. The van der Waals surface area contributed by atoms with Crippen LogP contribution in [0.5, 0.6) is 0 Å². The zero-order chi connectivity index (χ0) is 23.0. The fourth-order valence-electron chi connectivity index (χ4n) is 4.63. The van der Waals surface area contributed by atoms with E-state index in [0.29, 0.717) is 0 Å². The zero-order valence-corrected chi connectivity index (χ0v) is 21.4. The topological polar surface area (TPSA) is 6.48 Å². The van der Waals surface area contributed by atoms with Crippen LogP contribution >= 0.6 is 15.8 Å². The number of rotatable bonds is 6. The number of hydrogen-bond donors (Lipinski definition) is 0.